The van der Waals surface area contributed by atoms with Gasteiger partial charge in [0.2, 0.25) is 0 Å². The molecular weight excluding hydrogens is 243 g/mol. The molecule has 2 aromatic rings. The number of nitrogens with zero attached hydrogens (tertiary/aromatic N) is 1. The first-order valence-electron chi connectivity index (χ1n) is 5.75. The topological polar surface area (TPSA) is 41.0 Å². The molecule has 1 aromatic carbocycles. The first-order valence-corrected chi connectivity index (χ1v) is 6.13. The number of aliphatic hydroxyl groups is 1. The van der Waals surface area contributed by atoms with E-state index < -0.39 is 5.60 Å². The first-order chi connectivity index (χ1) is 8.00. The highest BCUT2D eigenvalue weighted by Gasteiger charge is 2.36. The summed E-state index contributed by atoms with van der Waals surface area (Å²) in [6.45, 7) is 2.15. The lowest BCUT2D eigenvalue weighted by Crippen LogP contribution is -2.42. The SMILES string of the molecule is Cc1cc2[nH]n(CC3(O)CCC3)c2c(Cl)c1F. The zero-order chi connectivity index (χ0) is 12.2. The Hall–Kier alpha value is -1.00. The second kappa shape index (κ2) is 3.50. The van der Waals surface area contributed by atoms with E-state index in [9.17, 15) is 9.50 Å². The molecule has 1 saturated carbocycles. The van der Waals surface area contributed by atoms with E-state index >= 15 is 0 Å². The maximum absolute atomic E-state index is 13.7. The molecule has 0 atom stereocenters. The molecule has 3 rings (SSSR count). The van der Waals surface area contributed by atoms with Gasteiger partial charge in [-0.2, -0.15) is 0 Å². The summed E-state index contributed by atoms with van der Waals surface area (Å²) in [6.07, 6.45) is 2.64. The van der Waals surface area contributed by atoms with E-state index in [0.29, 0.717) is 17.6 Å². The van der Waals surface area contributed by atoms with Gasteiger partial charge in [0, 0.05) is 0 Å². The third-order valence-electron chi connectivity index (χ3n) is 3.62. The minimum atomic E-state index is -0.643. The minimum absolute atomic E-state index is 0.140. The molecule has 1 aliphatic carbocycles. The molecule has 0 unspecified atom stereocenters. The second-order valence-electron chi connectivity index (χ2n) is 4.99. The van der Waals surface area contributed by atoms with Crippen molar-refractivity contribution in [1.82, 2.24) is 9.78 Å². The predicted octanol–water partition coefficient (Wildman–Crippen LogP) is 2.99. The molecule has 0 radical (unpaired) electrons. The number of halogens is 2. The summed E-state index contributed by atoms with van der Waals surface area (Å²) in [5, 5.41) is 13.3. The number of benzene rings is 1. The summed E-state index contributed by atoms with van der Waals surface area (Å²) in [5.74, 6) is -0.377. The molecule has 5 heteroatoms. The molecule has 17 heavy (non-hydrogen) atoms. The normalized spacial score (nSPS) is 18.6. The van der Waals surface area contributed by atoms with Crippen molar-refractivity contribution in [1.29, 1.82) is 0 Å². The Kier molecular flexibility index (Phi) is 2.28. The average Bonchev–Trinajstić information content (AvgIpc) is 2.21. The van der Waals surface area contributed by atoms with Crippen LogP contribution in [0.2, 0.25) is 5.02 Å². The van der Waals surface area contributed by atoms with Gasteiger partial charge >= 0.3 is 0 Å². The van der Waals surface area contributed by atoms with Gasteiger partial charge in [0.25, 0.3) is 0 Å². The number of aryl methyl sites for hydroxylation is 1. The highest BCUT2D eigenvalue weighted by Crippen LogP contribution is 2.36. The van der Waals surface area contributed by atoms with E-state index in [0.717, 1.165) is 24.8 Å². The lowest BCUT2D eigenvalue weighted by Gasteiger charge is -2.38. The smallest absolute Gasteiger partial charge is 0.147 e. The number of aromatic nitrogens is 2. The van der Waals surface area contributed by atoms with E-state index in [-0.39, 0.29) is 10.8 Å². The van der Waals surface area contributed by atoms with Crippen molar-refractivity contribution in [2.75, 3.05) is 0 Å². The van der Waals surface area contributed by atoms with Crippen LogP contribution < -0.4 is 0 Å². The summed E-state index contributed by atoms with van der Waals surface area (Å²) < 4.78 is 15.4. The van der Waals surface area contributed by atoms with Crippen molar-refractivity contribution in [2.24, 2.45) is 0 Å². The number of rotatable bonds is 2. The lowest BCUT2D eigenvalue weighted by atomic mass is 9.80. The summed E-state index contributed by atoms with van der Waals surface area (Å²) in [5.41, 5.74) is 1.38. The van der Waals surface area contributed by atoms with Crippen LogP contribution in [0.25, 0.3) is 11.0 Å². The molecule has 1 aliphatic rings. The Morgan fingerprint density at radius 2 is 2.29 bits per heavy atom. The number of aromatic amines is 1. The molecule has 0 aliphatic heterocycles. The van der Waals surface area contributed by atoms with Crippen molar-refractivity contribution in [3.05, 3.63) is 22.5 Å². The van der Waals surface area contributed by atoms with E-state index in [1.165, 1.54) is 0 Å². The number of fused-ring (bicyclic) bond motifs is 1. The molecule has 3 nitrogen and oxygen atoms in total. The summed E-state index contributed by atoms with van der Waals surface area (Å²) in [4.78, 5) is 0. The fourth-order valence-electron chi connectivity index (χ4n) is 2.40. The minimum Gasteiger partial charge on any atom is -0.388 e. The molecule has 1 heterocycles. The zero-order valence-electron chi connectivity index (χ0n) is 9.56. The van der Waals surface area contributed by atoms with Crippen LogP contribution in [0.1, 0.15) is 24.8 Å². The van der Waals surface area contributed by atoms with E-state index in [2.05, 4.69) is 5.10 Å². The predicted molar refractivity (Wildman–Crippen MR) is 64.8 cm³/mol. The van der Waals surface area contributed by atoms with Crippen LogP contribution in [0, 0.1) is 12.7 Å². The van der Waals surface area contributed by atoms with Crippen LogP contribution in [0.3, 0.4) is 0 Å². The molecule has 92 valence electrons. The standard InChI is InChI=1S/C12H14ClFN2O/c1-7-5-8-11(9(13)10(7)14)16(15-8)6-12(17)3-2-4-12/h5,15,17H,2-4,6H2,1H3. The van der Waals surface area contributed by atoms with Crippen molar-refractivity contribution in [2.45, 2.75) is 38.3 Å². The van der Waals surface area contributed by atoms with E-state index in [1.807, 2.05) is 0 Å². The molecule has 0 saturated heterocycles. The second-order valence-corrected chi connectivity index (χ2v) is 5.37. The molecule has 0 spiro atoms. The fourth-order valence-corrected chi connectivity index (χ4v) is 2.75. The van der Waals surface area contributed by atoms with Gasteiger partial charge in [-0.15, -0.1) is 0 Å². The van der Waals surface area contributed by atoms with E-state index in [4.69, 9.17) is 11.6 Å². The Labute approximate surface area is 103 Å². The number of hydrogen-bond acceptors (Lipinski definition) is 1. The Bertz CT molecular complexity index is 583. The monoisotopic (exact) mass is 256 g/mol. The van der Waals surface area contributed by atoms with Crippen molar-refractivity contribution >= 4 is 22.6 Å². The Balaban J connectivity index is 2.00. The number of nitrogens with one attached hydrogen (secondary N) is 1. The van der Waals surface area contributed by atoms with Crippen LogP contribution >= 0.6 is 11.6 Å². The van der Waals surface area contributed by atoms with Gasteiger partial charge in [0.1, 0.15) is 16.4 Å². The quantitative estimate of drug-likeness (QED) is 0.852. The lowest BCUT2D eigenvalue weighted by molar-refractivity contribution is -0.0494. The van der Waals surface area contributed by atoms with Crippen molar-refractivity contribution < 1.29 is 9.50 Å². The van der Waals surface area contributed by atoms with Crippen molar-refractivity contribution in [3.63, 3.8) is 0 Å². The summed E-state index contributed by atoms with van der Waals surface area (Å²) >= 11 is 5.99. The van der Waals surface area contributed by atoms with Gasteiger partial charge in [0.15, 0.2) is 0 Å². The highest BCUT2D eigenvalue weighted by molar-refractivity contribution is 6.35. The molecular formula is C12H14ClFN2O. The molecule has 1 aromatic heterocycles. The van der Waals surface area contributed by atoms with Gasteiger partial charge in [0.05, 0.1) is 17.7 Å². The van der Waals surface area contributed by atoms with Crippen molar-refractivity contribution in [3.8, 4) is 0 Å². The summed E-state index contributed by atoms with van der Waals surface area (Å²) in [7, 11) is 0. The van der Waals surface area contributed by atoms with Crippen LogP contribution in [0.5, 0.6) is 0 Å². The van der Waals surface area contributed by atoms with Gasteiger partial charge in [-0.25, -0.2) is 4.39 Å². The van der Waals surface area contributed by atoms with E-state index in [1.54, 1.807) is 17.7 Å². The number of hydrogen-bond donors (Lipinski definition) is 2. The van der Waals surface area contributed by atoms with Gasteiger partial charge in [-0.05, 0) is 37.8 Å². The third kappa shape index (κ3) is 1.58. The molecule has 0 bridgehead atoms. The van der Waals surface area contributed by atoms with Crippen LogP contribution in [0.15, 0.2) is 6.07 Å². The molecule has 2 N–H and O–H groups in total. The molecule has 1 fully saturated rings. The van der Waals surface area contributed by atoms with Gasteiger partial charge < -0.3 is 5.11 Å². The Morgan fingerprint density at radius 1 is 1.59 bits per heavy atom. The van der Waals surface area contributed by atoms with Gasteiger partial charge in [-0.3, -0.25) is 9.78 Å². The number of H-pyrrole nitrogens is 1. The maximum Gasteiger partial charge on any atom is 0.147 e. The Morgan fingerprint density at radius 3 is 2.88 bits per heavy atom. The van der Waals surface area contributed by atoms with Gasteiger partial charge in [-0.1, -0.05) is 11.6 Å². The van der Waals surface area contributed by atoms with Crippen LogP contribution in [-0.4, -0.2) is 20.5 Å². The van der Waals surface area contributed by atoms with Crippen LogP contribution in [0.4, 0.5) is 4.39 Å². The fraction of sp³-hybridized carbons (Fsp3) is 0.500. The summed E-state index contributed by atoms with van der Waals surface area (Å²) in [6, 6.07) is 1.73. The zero-order valence-corrected chi connectivity index (χ0v) is 10.3. The molecule has 0 amide bonds. The first kappa shape index (κ1) is 11.1. The van der Waals surface area contributed by atoms with Crippen LogP contribution in [-0.2, 0) is 6.54 Å². The average molecular weight is 257 g/mol. The highest BCUT2D eigenvalue weighted by atomic mass is 35.5. The maximum atomic E-state index is 13.7. The largest absolute Gasteiger partial charge is 0.388 e. The third-order valence-corrected chi connectivity index (χ3v) is 3.97.